The summed E-state index contributed by atoms with van der Waals surface area (Å²) in [6.45, 7) is 7.51. The van der Waals surface area contributed by atoms with Crippen LogP contribution in [0.25, 0.3) is 0 Å². The lowest BCUT2D eigenvalue weighted by atomic mass is 10.1. The molecule has 0 spiro atoms. The van der Waals surface area contributed by atoms with Crippen molar-refractivity contribution in [1.82, 2.24) is 15.2 Å². The zero-order valence-corrected chi connectivity index (χ0v) is 11.4. The highest BCUT2D eigenvalue weighted by molar-refractivity contribution is 5.40. The average molecular weight is 249 g/mol. The molecule has 0 radical (unpaired) electrons. The smallest absolute Gasteiger partial charge is 0.244 e. The molecule has 1 aliphatic rings. The van der Waals surface area contributed by atoms with E-state index < -0.39 is 0 Å². The molecule has 0 atom stereocenters. The largest absolute Gasteiger partial charge is 0.355 e. The van der Waals surface area contributed by atoms with Gasteiger partial charge < -0.3 is 10.2 Å². The Morgan fingerprint density at radius 3 is 2.78 bits per heavy atom. The van der Waals surface area contributed by atoms with E-state index in [1.165, 1.54) is 19.3 Å². The third kappa shape index (κ3) is 3.82. The summed E-state index contributed by atoms with van der Waals surface area (Å²) in [7, 11) is 0. The molecule has 1 aliphatic heterocycles. The predicted molar refractivity (Wildman–Crippen MR) is 73.8 cm³/mol. The Bertz CT molecular complexity index is 360. The molecule has 0 aliphatic carbocycles. The lowest BCUT2D eigenvalue weighted by molar-refractivity contribution is 0.571. The second-order valence-electron chi connectivity index (χ2n) is 5.30. The van der Waals surface area contributed by atoms with Crippen LogP contribution >= 0.6 is 0 Å². The van der Waals surface area contributed by atoms with Crippen LogP contribution in [0.1, 0.15) is 39.5 Å². The van der Waals surface area contributed by atoms with Gasteiger partial charge in [-0.2, -0.15) is 10.1 Å². The van der Waals surface area contributed by atoms with Crippen LogP contribution in [0.15, 0.2) is 6.20 Å². The van der Waals surface area contributed by atoms with Gasteiger partial charge in [0.2, 0.25) is 5.95 Å². The maximum Gasteiger partial charge on any atom is 0.244 e. The molecular formula is C13H23N5. The summed E-state index contributed by atoms with van der Waals surface area (Å²) in [6.07, 6.45) is 6.71. The highest BCUT2D eigenvalue weighted by atomic mass is 15.3. The number of hydrogen-bond donors (Lipinski definition) is 1. The molecule has 0 saturated carbocycles. The van der Waals surface area contributed by atoms with Crippen molar-refractivity contribution in [3.63, 3.8) is 0 Å². The number of aromatic nitrogens is 3. The summed E-state index contributed by atoms with van der Waals surface area (Å²) in [6, 6.07) is 0. The van der Waals surface area contributed by atoms with Crippen LogP contribution in [0.4, 0.5) is 11.8 Å². The number of piperidine rings is 1. The molecule has 5 nitrogen and oxygen atoms in total. The molecule has 2 heterocycles. The summed E-state index contributed by atoms with van der Waals surface area (Å²) in [5, 5.41) is 11.3. The third-order valence-corrected chi connectivity index (χ3v) is 3.23. The van der Waals surface area contributed by atoms with Crippen LogP contribution in [0.5, 0.6) is 0 Å². The fraction of sp³-hybridized carbons (Fsp3) is 0.769. The quantitative estimate of drug-likeness (QED) is 0.868. The standard InChI is InChI=1S/C13H23N5/c1-11(2)6-7-14-13-16-12(10-15-17-13)18-8-4-3-5-9-18/h10-11H,3-9H2,1-2H3,(H,14,16,17). The number of rotatable bonds is 5. The molecule has 100 valence electrons. The van der Waals surface area contributed by atoms with E-state index >= 15 is 0 Å². The van der Waals surface area contributed by atoms with Crippen LogP contribution < -0.4 is 10.2 Å². The van der Waals surface area contributed by atoms with Gasteiger partial charge in [-0.05, 0) is 31.6 Å². The number of anilines is 2. The van der Waals surface area contributed by atoms with E-state index in [9.17, 15) is 0 Å². The fourth-order valence-electron chi connectivity index (χ4n) is 2.12. The van der Waals surface area contributed by atoms with Crippen molar-refractivity contribution >= 4 is 11.8 Å². The van der Waals surface area contributed by atoms with Crippen molar-refractivity contribution in [2.75, 3.05) is 29.9 Å². The van der Waals surface area contributed by atoms with Gasteiger partial charge in [0.15, 0.2) is 5.82 Å². The van der Waals surface area contributed by atoms with Crippen molar-refractivity contribution in [1.29, 1.82) is 0 Å². The van der Waals surface area contributed by atoms with E-state index in [2.05, 4.69) is 39.2 Å². The predicted octanol–water partition coefficient (Wildman–Crippen LogP) is 2.32. The van der Waals surface area contributed by atoms with E-state index in [1.54, 1.807) is 6.20 Å². The Labute approximate surface area is 109 Å². The Morgan fingerprint density at radius 2 is 2.06 bits per heavy atom. The lowest BCUT2D eigenvalue weighted by Crippen LogP contribution is -2.30. The maximum absolute atomic E-state index is 4.53. The van der Waals surface area contributed by atoms with Gasteiger partial charge in [-0.1, -0.05) is 13.8 Å². The van der Waals surface area contributed by atoms with Gasteiger partial charge in [0, 0.05) is 19.6 Å². The highest BCUT2D eigenvalue weighted by Crippen LogP contribution is 2.17. The molecule has 18 heavy (non-hydrogen) atoms. The van der Waals surface area contributed by atoms with E-state index in [1.807, 2.05) is 0 Å². The summed E-state index contributed by atoms with van der Waals surface area (Å²) in [5.74, 6) is 2.30. The first-order chi connectivity index (χ1) is 8.75. The Balaban J connectivity index is 1.91. The van der Waals surface area contributed by atoms with Gasteiger partial charge in [0.1, 0.15) is 0 Å². The summed E-state index contributed by atoms with van der Waals surface area (Å²) in [4.78, 5) is 6.83. The number of nitrogens with one attached hydrogen (secondary N) is 1. The zero-order valence-electron chi connectivity index (χ0n) is 11.4. The molecule has 0 unspecified atom stereocenters. The first-order valence-corrected chi connectivity index (χ1v) is 6.94. The van der Waals surface area contributed by atoms with Crippen LogP contribution in [-0.4, -0.2) is 34.8 Å². The van der Waals surface area contributed by atoms with Crippen molar-refractivity contribution in [3.8, 4) is 0 Å². The van der Waals surface area contributed by atoms with Crippen LogP contribution in [0, 0.1) is 5.92 Å². The van der Waals surface area contributed by atoms with E-state index in [0.717, 1.165) is 31.9 Å². The second kappa shape index (κ2) is 6.52. The SMILES string of the molecule is CC(C)CCNc1nncc(N2CCCCC2)n1. The average Bonchev–Trinajstić information content (AvgIpc) is 2.40. The molecular weight excluding hydrogens is 226 g/mol. The van der Waals surface area contributed by atoms with Crippen LogP contribution in [0.2, 0.25) is 0 Å². The minimum atomic E-state index is 0.652. The Kier molecular flexibility index (Phi) is 4.73. The summed E-state index contributed by atoms with van der Waals surface area (Å²) >= 11 is 0. The molecule has 2 rings (SSSR count). The molecule has 0 aromatic carbocycles. The third-order valence-electron chi connectivity index (χ3n) is 3.23. The topological polar surface area (TPSA) is 53.9 Å². The zero-order chi connectivity index (χ0) is 12.8. The molecule has 1 aromatic rings. The Hall–Kier alpha value is -1.39. The minimum absolute atomic E-state index is 0.652. The molecule has 1 aromatic heterocycles. The minimum Gasteiger partial charge on any atom is -0.355 e. The lowest BCUT2D eigenvalue weighted by Gasteiger charge is -2.27. The normalized spacial score (nSPS) is 16.1. The van der Waals surface area contributed by atoms with E-state index in [4.69, 9.17) is 0 Å². The second-order valence-corrected chi connectivity index (χ2v) is 5.30. The fourth-order valence-corrected chi connectivity index (χ4v) is 2.12. The van der Waals surface area contributed by atoms with Gasteiger partial charge in [-0.15, -0.1) is 5.10 Å². The van der Waals surface area contributed by atoms with Crippen LogP contribution in [0.3, 0.4) is 0 Å². The van der Waals surface area contributed by atoms with E-state index in [0.29, 0.717) is 11.9 Å². The molecule has 1 N–H and O–H groups in total. The molecule has 1 saturated heterocycles. The first-order valence-electron chi connectivity index (χ1n) is 6.94. The van der Waals surface area contributed by atoms with Crippen molar-refractivity contribution < 1.29 is 0 Å². The Morgan fingerprint density at radius 1 is 1.28 bits per heavy atom. The van der Waals surface area contributed by atoms with Gasteiger partial charge >= 0.3 is 0 Å². The van der Waals surface area contributed by atoms with Gasteiger partial charge in [0.25, 0.3) is 0 Å². The molecule has 0 bridgehead atoms. The van der Waals surface area contributed by atoms with Gasteiger partial charge in [0.05, 0.1) is 6.20 Å². The monoisotopic (exact) mass is 249 g/mol. The molecule has 0 amide bonds. The number of nitrogens with zero attached hydrogens (tertiary/aromatic N) is 4. The maximum atomic E-state index is 4.53. The van der Waals surface area contributed by atoms with Crippen molar-refractivity contribution in [2.45, 2.75) is 39.5 Å². The van der Waals surface area contributed by atoms with Crippen molar-refractivity contribution in [2.24, 2.45) is 5.92 Å². The van der Waals surface area contributed by atoms with Crippen LogP contribution in [-0.2, 0) is 0 Å². The summed E-state index contributed by atoms with van der Waals surface area (Å²) in [5.41, 5.74) is 0. The summed E-state index contributed by atoms with van der Waals surface area (Å²) < 4.78 is 0. The highest BCUT2D eigenvalue weighted by Gasteiger charge is 2.13. The molecule has 1 fully saturated rings. The van der Waals surface area contributed by atoms with Gasteiger partial charge in [-0.25, -0.2) is 0 Å². The van der Waals surface area contributed by atoms with Crippen molar-refractivity contribution in [3.05, 3.63) is 6.20 Å². The first kappa shape index (κ1) is 13.1. The molecule has 5 heteroatoms. The van der Waals surface area contributed by atoms with E-state index in [-0.39, 0.29) is 0 Å². The van der Waals surface area contributed by atoms with Gasteiger partial charge in [-0.3, -0.25) is 0 Å². The number of hydrogen-bond acceptors (Lipinski definition) is 5.